The Balaban J connectivity index is 1.48. The van der Waals surface area contributed by atoms with Crippen molar-refractivity contribution in [2.75, 3.05) is 56.2 Å². The number of aliphatic hydroxyl groups is 1. The molecule has 9 nitrogen and oxygen atoms in total. The van der Waals surface area contributed by atoms with E-state index in [9.17, 15) is 27.9 Å². The Morgan fingerprint density at radius 1 is 1.19 bits per heavy atom. The highest BCUT2D eigenvalue weighted by Crippen LogP contribution is 2.40. The number of likely N-dealkylation sites (N-methyl/N-ethyl adjacent to an activating group) is 1. The molecular formula is C29H35F4N7O2. The van der Waals surface area contributed by atoms with Crippen LogP contribution in [0.25, 0.3) is 0 Å². The second-order valence-corrected chi connectivity index (χ2v) is 11.0. The normalized spacial score (nSPS) is 22.5. The Morgan fingerprint density at radius 3 is 2.69 bits per heavy atom. The van der Waals surface area contributed by atoms with Crippen LogP contribution in [0, 0.1) is 17.1 Å². The fourth-order valence-corrected chi connectivity index (χ4v) is 6.17. The molecule has 13 heteroatoms. The molecule has 1 aromatic carbocycles. The van der Waals surface area contributed by atoms with E-state index in [1.807, 2.05) is 16.8 Å². The minimum atomic E-state index is -4.86. The second-order valence-electron chi connectivity index (χ2n) is 11.0. The van der Waals surface area contributed by atoms with Crippen molar-refractivity contribution in [2.45, 2.75) is 56.7 Å². The third-order valence-electron chi connectivity index (χ3n) is 8.42. The molecule has 0 saturated carbocycles. The summed E-state index contributed by atoms with van der Waals surface area (Å²) in [7, 11) is 2.03. The molecule has 3 atom stereocenters. The molecule has 0 radical (unpaired) electrons. The standard InChI is InChI=1S/C29H35F4N7O2/c1-3-25(41)40-15-14-39(16-19(40)9-11-34)27-21-10-13-38(24-8-4-7-22(30)26(24)29(31,32)33)17-23(21)35-28(36-27)42-18-20-6-5-12-37(20)2/h3-4,7-8,19-20,25,41H,1,5-6,9-10,12-18H2,2H3/t19-,20-,25?/m0/s1. The number of hydrogen-bond donors (Lipinski definition) is 1. The van der Waals surface area contributed by atoms with Gasteiger partial charge in [-0.25, -0.2) is 4.39 Å². The summed E-state index contributed by atoms with van der Waals surface area (Å²) in [5.41, 5.74) is -0.219. The van der Waals surface area contributed by atoms with Gasteiger partial charge in [-0.05, 0) is 51.1 Å². The van der Waals surface area contributed by atoms with Gasteiger partial charge in [0.15, 0.2) is 0 Å². The summed E-state index contributed by atoms with van der Waals surface area (Å²) in [4.78, 5) is 17.0. The van der Waals surface area contributed by atoms with Gasteiger partial charge >= 0.3 is 12.2 Å². The Hall–Kier alpha value is -3.47. The van der Waals surface area contributed by atoms with E-state index in [1.165, 1.54) is 23.1 Å². The van der Waals surface area contributed by atoms with Crippen LogP contribution in [0.15, 0.2) is 30.9 Å². The number of hydrogen-bond acceptors (Lipinski definition) is 9. The average molecular weight is 590 g/mol. The van der Waals surface area contributed by atoms with Crippen molar-refractivity contribution in [3.63, 3.8) is 0 Å². The minimum absolute atomic E-state index is 0.0217. The first kappa shape index (κ1) is 30.0. The van der Waals surface area contributed by atoms with Crippen molar-refractivity contribution < 1.29 is 27.4 Å². The van der Waals surface area contributed by atoms with Gasteiger partial charge in [-0.2, -0.15) is 28.4 Å². The summed E-state index contributed by atoms with van der Waals surface area (Å²) in [6.45, 7) is 6.58. The second kappa shape index (κ2) is 12.4. The van der Waals surface area contributed by atoms with Gasteiger partial charge < -0.3 is 24.5 Å². The van der Waals surface area contributed by atoms with Gasteiger partial charge in [-0.3, -0.25) is 4.90 Å². The van der Waals surface area contributed by atoms with Crippen LogP contribution in [0.4, 0.5) is 29.1 Å². The maximum absolute atomic E-state index is 14.4. The number of aliphatic hydroxyl groups excluding tert-OH is 1. The molecule has 3 aliphatic heterocycles. The SMILES string of the molecule is C=CC(O)N1CCN(c2nc(OC[C@@H]3CCCN3C)nc3c2CCN(c2cccc(F)c2C(F)(F)F)C3)C[C@@H]1CC#N. The number of anilines is 2. The lowest BCUT2D eigenvalue weighted by molar-refractivity contribution is -0.139. The van der Waals surface area contributed by atoms with Gasteiger partial charge in [0, 0.05) is 43.8 Å². The number of rotatable bonds is 8. The van der Waals surface area contributed by atoms with Crippen LogP contribution in [0.5, 0.6) is 6.01 Å². The van der Waals surface area contributed by atoms with Crippen molar-refractivity contribution in [3.8, 4) is 12.1 Å². The van der Waals surface area contributed by atoms with Gasteiger partial charge in [0.25, 0.3) is 0 Å². The summed E-state index contributed by atoms with van der Waals surface area (Å²) in [6, 6.07) is 5.61. The summed E-state index contributed by atoms with van der Waals surface area (Å²) in [5, 5.41) is 19.9. The zero-order chi connectivity index (χ0) is 30.0. The third-order valence-corrected chi connectivity index (χ3v) is 8.42. The highest BCUT2D eigenvalue weighted by molar-refractivity contribution is 5.59. The number of halogens is 4. The summed E-state index contributed by atoms with van der Waals surface area (Å²) in [5.74, 6) is -0.706. The maximum Gasteiger partial charge on any atom is 0.421 e. The van der Waals surface area contributed by atoms with Crippen molar-refractivity contribution in [3.05, 3.63) is 53.5 Å². The molecule has 4 heterocycles. The molecule has 5 rings (SSSR count). The van der Waals surface area contributed by atoms with E-state index in [0.29, 0.717) is 44.2 Å². The fourth-order valence-electron chi connectivity index (χ4n) is 6.17. The Morgan fingerprint density at radius 2 is 2.00 bits per heavy atom. The topological polar surface area (TPSA) is 92.0 Å². The molecule has 226 valence electrons. The van der Waals surface area contributed by atoms with Crippen LogP contribution < -0.4 is 14.5 Å². The monoisotopic (exact) mass is 589 g/mol. The zero-order valence-electron chi connectivity index (χ0n) is 23.5. The van der Waals surface area contributed by atoms with E-state index >= 15 is 0 Å². The number of alkyl halides is 3. The van der Waals surface area contributed by atoms with Crippen molar-refractivity contribution in [2.24, 2.45) is 0 Å². The molecule has 3 aliphatic rings. The zero-order valence-corrected chi connectivity index (χ0v) is 23.5. The van der Waals surface area contributed by atoms with Crippen LogP contribution in [-0.4, -0.2) is 89.6 Å². The van der Waals surface area contributed by atoms with Crippen LogP contribution in [0.3, 0.4) is 0 Å². The third kappa shape index (κ3) is 6.16. The number of fused-ring (bicyclic) bond motifs is 1. The van der Waals surface area contributed by atoms with Crippen LogP contribution in [0.1, 0.15) is 36.1 Å². The predicted octanol–water partition coefficient (Wildman–Crippen LogP) is 3.58. The molecule has 2 aromatic rings. The van der Waals surface area contributed by atoms with Gasteiger partial charge in [0.1, 0.15) is 30.0 Å². The maximum atomic E-state index is 14.4. The lowest BCUT2D eigenvalue weighted by Gasteiger charge is -2.43. The number of ether oxygens (including phenoxy) is 1. The summed E-state index contributed by atoms with van der Waals surface area (Å²) < 4.78 is 62.0. The number of piperazine rings is 1. The largest absolute Gasteiger partial charge is 0.462 e. The molecule has 0 aliphatic carbocycles. The quantitative estimate of drug-likeness (QED) is 0.367. The average Bonchev–Trinajstić information content (AvgIpc) is 3.38. The van der Waals surface area contributed by atoms with Crippen molar-refractivity contribution >= 4 is 11.5 Å². The molecule has 1 N–H and O–H groups in total. The van der Waals surface area contributed by atoms with E-state index in [1.54, 1.807) is 0 Å². The molecule has 0 spiro atoms. The molecule has 1 aromatic heterocycles. The van der Waals surface area contributed by atoms with Crippen LogP contribution in [0.2, 0.25) is 0 Å². The van der Waals surface area contributed by atoms with E-state index in [0.717, 1.165) is 31.0 Å². The highest BCUT2D eigenvalue weighted by Gasteiger charge is 2.40. The first-order chi connectivity index (χ1) is 20.1. The molecular weight excluding hydrogens is 554 g/mol. The van der Waals surface area contributed by atoms with E-state index < -0.39 is 23.8 Å². The number of nitrogens with zero attached hydrogens (tertiary/aromatic N) is 7. The Bertz CT molecular complexity index is 1330. The Labute approximate surface area is 242 Å². The predicted molar refractivity (Wildman–Crippen MR) is 148 cm³/mol. The number of nitriles is 1. The van der Waals surface area contributed by atoms with Crippen molar-refractivity contribution in [1.29, 1.82) is 5.26 Å². The number of likely N-dealkylation sites (tertiary alicyclic amines) is 1. The smallest absolute Gasteiger partial charge is 0.421 e. The molecule has 1 unspecified atom stereocenters. The van der Waals surface area contributed by atoms with Gasteiger partial charge in [-0.15, -0.1) is 0 Å². The van der Waals surface area contributed by atoms with Gasteiger partial charge in [0.05, 0.1) is 30.4 Å². The lowest BCUT2D eigenvalue weighted by atomic mass is 10.0. The fraction of sp³-hybridized carbons (Fsp3) is 0.552. The molecule has 0 bridgehead atoms. The van der Waals surface area contributed by atoms with Crippen molar-refractivity contribution in [1.82, 2.24) is 19.8 Å². The molecule has 0 amide bonds. The lowest BCUT2D eigenvalue weighted by Crippen LogP contribution is -2.56. The van der Waals surface area contributed by atoms with Gasteiger partial charge in [0.2, 0.25) is 0 Å². The van der Waals surface area contributed by atoms with E-state index in [4.69, 9.17) is 9.72 Å². The van der Waals surface area contributed by atoms with Crippen LogP contribution >= 0.6 is 0 Å². The highest BCUT2D eigenvalue weighted by atomic mass is 19.4. The molecule has 42 heavy (non-hydrogen) atoms. The van der Waals surface area contributed by atoms with E-state index in [2.05, 4.69) is 22.5 Å². The summed E-state index contributed by atoms with van der Waals surface area (Å²) in [6.07, 6.45) is -1.77. The van der Waals surface area contributed by atoms with Crippen LogP contribution in [-0.2, 0) is 19.1 Å². The summed E-state index contributed by atoms with van der Waals surface area (Å²) >= 11 is 0. The Kier molecular flexibility index (Phi) is 8.86. The first-order valence-corrected chi connectivity index (χ1v) is 14.1. The van der Waals surface area contributed by atoms with Gasteiger partial charge in [-0.1, -0.05) is 12.6 Å². The van der Waals surface area contributed by atoms with E-state index in [-0.39, 0.29) is 43.3 Å². The molecule has 2 saturated heterocycles. The number of aromatic nitrogens is 2. The number of benzene rings is 1. The first-order valence-electron chi connectivity index (χ1n) is 14.1. The molecule has 2 fully saturated rings. The minimum Gasteiger partial charge on any atom is -0.462 e.